The fourth-order valence-electron chi connectivity index (χ4n) is 2.23. The lowest BCUT2D eigenvalue weighted by Crippen LogP contribution is -2.32. The minimum atomic E-state index is -4.54. The quantitative estimate of drug-likeness (QED) is 0.794. The largest absolute Gasteiger partial charge is 0.411 e. The average Bonchev–Trinajstić information content (AvgIpc) is 2.56. The van der Waals surface area contributed by atoms with E-state index in [0.717, 1.165) is 0 Å². The number of carbonyl (C=O) groups is 1. The fraction of sp³-hybridized carbons (Fsp3) is 0.278. The maximum atomic E-state index is 13.2. The zero-order chi connectivity index (χ0) is 18.4. The van der Waals surface area contributed by atoms with E-state index in [9.17, 15) is 22.4 Å². The third-order valence-corrected chi connectivity index (χ3v) is 3.44. The lowest BCUT2D eigenvalue weighted by atomic mass is 10.1. The van der Waals surface area contributed by atoms with Gasteiger partial charge in [-0.25, -0.2) is 4.39 Å². The summed E-state index contributed by atoms with van der Waals surface area (Å²) in [6.07, 6.45) is -5.93. The number of ether oxygens (including phenoxy) is 1. The van der Waals surface area contributed by atoms with Gasteiger partial charge in [0.05, 0.1) is 0 Å². The number of hydrogen-bond donors (Lipinski definition) is 1. The van der Waals surface area contributed by atoms with E-state index in [1.54, 1.807) is 31.2 Å². The van der Waals surface area contributed by atoms with Gasteiger partial charge in [0, 0.05) is 6.54 Å². The Morgan fingerprint density at radius 3 is 2.44 bits per heavy atom. The number of aryl methyl sites for hydroxylation is 1. The topological polar surface area (TPSA) is 38.3 Å². The highest BCUT2D eigenvalue weighted by Crippen LogP contribution is 2.23. The molecule has 1 N–H and O–H groups in total. The van der Waals surface area contributed by atoms with Gasteiger partial charge in [-0.15, -0.1) is 0 Å². The van der Waals surface area contributed by atoms with Gasteiger partial charge >= 0.3 is 6.18 Å². The van der Waals surface area contributed by atoms with E-state index in [4.69, 9.17) is 4.74 Å². The number of nitrogens with one attached hydrogen (secondary N) is 1. The van der Waals surface area contributed by atoms with Crippen LogP contribution in [0.5, 0.6) is 0 Å². The molecular formula is C18H17F4NO2. The van der Waals surface area contributed by atoms with Crippen molar-refractivity contribution in [2.45, 2.75) is 25.7 Å². The smallest absolute Gasteiger partial charge is 0.354 e. The minimum Gasteiger partial charge on any atom is -0.354 e. The first-order valence-corrected chi connectivity index (χ1v) is 7.52. The van der Waals surface area contributed by atoms with Gasteiger partial charge in [-0.1, -0.05) is 42.5 Å². The lowest BCUT2D eigenvalue weighted by molar-refractivity contribution is -0.188. The number of rotatable bonds is 6. The molecule has 2 aromatic rings. The molecule has 134 valence electrons. The van der Waals surface area contributed by atoms with E-state index in [2.05, 4.69) is 5.32 Å². The SMILES string of the molecule is Cc1cc(CNC(=O)[C@@H](OCC(F)(F)F)c2ccccc2)ccc1F. The molecule has 0 unspecified atom stereocenters. The maximum absolute atomic E-state index is 13.2. The standard InChI is InChI=1S/C18H17F4NO2/c1-12-9-13(7-8-15(12)19)10-23-17(24)16(25-11-18(20,21)22)14-5-3-2-4-6-14/h2-9,16H,10-11H2,1H3,(H,23,24)/t16-/m0/s1. The number of carbonyl (C=O) groups excluding carboxylic acids is 1. The molecule has 1 amide bonds. The van der Waals surface area contributed by atoms with Crippen molar-refractivity contribution >= 4 is 5.91 Å². The van der Waals surface area contributed by atoms with E-state index in [1.165, 1.54) is 24.3 Å². The van der Waals surface area contributed by atoms with Crippen LogP contribution in [-0.2, 0) is 16.1 Å². The summed E-state index contributed by atoms with van der Waals surface area (Å²) in [6.45, 7) is 0.105. The van der Waals surface area contributed by atoms with E-state index in [-0.39, 0.29) is 12.4 Å². The molecule has 7 heteroatoms. The van der Waals surface area contributed by atoms with Gasteiger partial charge in [0.25, 0.3) is 5.91 Å². The molecule has 0 fully saturated rings. The third-order valence-electron chi connectivity index (χ3n) is 3.44. The van der Waals surface area contributed by atoms with Gasteiger partial charge in [0.2, 0.25) is 0 Å². The summed E-state index contributed by atoms with van der Waals surface area (Å²) in [5.41, 5.74) is 1.37. The molecule has 25 heavy (non-hydrogen) atoms. The first-order valence-electron chi connectivity index (χ1n) is 7.52. The predicted octanol–water partition coefficient (Wildman–Crippen LogP) is 4.07. The summed E-state index contributed by atoms with van der Waals surface area (Å²) in [6, 6.07) is 12.3. The van der Waals surface area contributed by atoms with Crippen molar-refractivity contribution in [2.75, 3.05) is 6.61 Å². The Labute approximate surface area is 142 Å². The molecule has 0 aliphatic heterocycles. The highest BCUT2D eigenvalue weighted by Gasteiger charge is 2.32. The van der Waals surface area contributed by atoms with Crippen LogP contribution in [0, 0.1) is 12.7 Å². The molecule has 0 aromatic heterocycles. The van der Waals surface area contributed by atoms with Gasteiger partial charge in [-0.3, -0.25) is 4.79 Å². The minimum absolute atomic E-state index is 0.0542. The molecule has 2 aromatic carbocycles. The van der Waals surface area contributed by atoms with E-state index >= 15 is 0 Å². The van der Waals surface area contributed by atoms with Gasteiger partial charge < -0.3 is 10.1 Å². The molecule has 3 nitrogen and oxygen atoms in total. The van der Waals surface area contributed by atoms with Gasteiger partial charge in [0.1, 0.15) is 12.4 Å². The van der Waals surface area contributed by atoms with Crippen LogP contribution in [0.2, 0.25) is 0 Å². The van der Waals surface area contributed by atoms with Crippen molar-refractivity contribution in [2.24, 2.45) is 0 Å². The zero-order valence-electron chi connectivity index (χ0n) is 13.4. The van der Waals surface area contributed by atoms with Crippen molar-refractivity contribution in [3.05, 3.63) is 71.0 Å². The van der Waals surface area contributed by atoms with Crippen LogP contribution in [0.25, 0.3) is 0 Å². The average molecular weight is 355 g/mol. The summed E-state index contributed by atoms with van der Waals surface area (Å²) < 4.78 is 55.3. The molecule has 2 rings (SSSR count). The molecular weight excluding hydrogens is 338 g/mol. The summed E-state index contributed by atoms with van der Waals surface area (Å²) in [4.78, 5) is 12.3. The van der Waals surface area contributed by atoms with Crippen LogP contribution in [0.15, 0.2) is 48.5 Å². The Morgan fingerprint density at radius 2 is 1.84 bits per heavy atom. The van der Waals surface area contributed by atoms with Crippen LogP contribution in [-0.4, -0.2) is 18.7 Å². The fourth-order valence-corrected chi connectivity index (χ4v) is 2.23. The molecule has 0 saturated carbocycles. The Balaban J connectivity index is 2.07. The highest BCUT2D eigenvalue weighted by molar-refractivity contribution is 5.82. The molecule has 0 radical (unpaired) electrons. The van der Waals surface area contributed by atoms with Crippen molar-refractivity contribution in [3.63, 3.8) is 0 Å². The number of hydrogen-bond acceptors (Lipinski definition) is 2. The second kappa shape index (κ2) is 8.11. The molecule has 0 saturated heterocycles. The van der Waals surface area contributed by atoms with Crippen molar-refractivity contribution < 1.29 is 27.1 Å². The maximum Gasteiger partial charge on any atom is 0.411 e. The van der Waals surface area contributed by atoms with Crippen molar-refractivity contribution in [3.8, 4) is 0 Å². The first-order chi connectivity index (χ1) is 11.8. The molecule has 0 heterocycles. The summed E-state index contributed by atoms with van der Waals surface area (Å²) in [5.74, 6) is -1.07. The molecule has 0 spiro atoms. The first kappa shape index (κ1) is 18.9. The van der Waals surface area contributed by atoms with Crippen molar-refractivity contribution in [1.29, 1.82) is 0 Å². The predicted molar refractivity (Wildman–Crippen MR) is 84.2 cm³/mol. The van der Waals surface area contributed by atoms with Crippen LogP contribution < -0.4 is 5.32 Å². The molecule has 1 atom stereocenters. The monoisotopic (exact) mass is 355 g/mol. The molecule has 0 aliphatic carbocycles. The van der Waals surface area contributed by atoms with E-state index < -0.39 is 24.8 Å². The Kier molecular flexibility index (Phi) is 6.14. The second-order valence-electron chi connectivity index (χ2n) is 5.52. The molecule has 0 aliphatic rings. The van der Waals surface area contributed by atoms with Gasteiger partial charge in [-0.2, -0.15) is 13.2 Å². The molecule has 0 bridgehead atoms. The number of halogens is 4. The van der Waals surface area contributed by atoms with Crippen LogP contribution >= 0.6 is 0 Å². The Hall–Kier alpha value is -2.41. The van der Waals surface area contributed by atoms with Crippen LogP contribution in [0.1, 0.15) is 22.8 Å². The Morgan fingerprint density at radius 1 is 1.16 bits per heavy atom. The van der Waals surface area contributed by atoms with Gasteiger partial charge in [0.15, 0.2) is 6.10 Å². The van der Waals surface area contributed by atoms with E-state index in [0.29, 0.717) is 16.7 Å². The summed E-state index contributed by atoms with van der Waals surface area (Å²) >= 11 is 0. The summed E-state index contributed by atoms with van der Waals surface area (Å²) in [5, 5.41) is 2.53. The van der Waals surface area contributed by atoms with Crippen molar-refractivity contribution in [1.82, 2.24) is 5.32 Å². The number of amides is 1. The number of benzene rings is 2. The second-order valence-corrected chi connectivity index (χ2v) is 5.52. The number of alkyl halides is 3. The Bertz CT molecular complexity index is 717. The van der Waals surface area contributed by atoms with Crippen LogP contribution in [0.4, 0.5) is 17.6 Å². The van der Waals surface area contributed by atoms with E-state index in [1.807, 2.05) is 0 Å². The third kappa shape index (κ3) is 5.86. The summed E-state index contributed by atoms with van der Waals surface area (Å²) in [7, 11) is 0. The zero-order valence-corrected chi connectivity index (χ0v) is 13.4. The van der Waals surface area contributed by atoms with Gasteiger partial charge in [-0.05, 0) is 29.7 Å². The normalized spacial score (nSPS) is 12.7. The highest BCUT2D eigenvalue weighted by atomic mass is 19.4. The lowest BCUT2D eigenvalue weighted by Gasteiger charge is -2.19. The van der Waals surface area contributed by atoms with Crippen LogP contribution in [0.3, 0.4) is 0 Å².